The molecule has 182 valence electrons. The fraction of sp³-hybridized carbons (Fsp3) is 0.0857. The van der Waals surface area contributed by atoms with Crippen molar-refractivity contribution in [2.45, 2.75) is 19.3 Å². The molecule has 0 aromatic heterocycles. The third-order valence-corrected chi connectivity index (χ3v) is 6.74. The molecule has 5 rings (SSSR count). The third kappa shape index (κ3) is 6.10. The fourth-order valence-corrected chi connectivity index (χ4v) is 4.54. The molecule has 0 heterocycles. The van der Waals surface area contributed by atoms with Gasteiger partial charge in [-0.1, -0.05) is 122 Å². The minimum absolute atomic E-state index is 0.248. The van der Waals surface area contributed by atoms with Crippen LogP contribution in [0.25, 0.3) is 34.4 Å². The van der Waals surface area contributed by atoms with Crippen molar-refractivity contribution in [1.82, 2.24) is 0 Å². The van der Waals surface area contributed by atoms with E-state index >= 15 is 0 Å². The minimum atomic E-state index is -0.251. The molecule has 0 nitrogen and oxygen atoms in total. The Kier molecular flexibility index (Phi) is 7.37. The van der Waals surface area contributed by atoms with Crippen LogP contribution in [0.3, 0.4) is 0 Å². The van der Waals surface area contributed by atoms with Gasteiger partial charge in [-0.15, -0.1) is 0 Å². The van der Waals surface area contributed by atoms with E-state index in [2.05, 4.69) is 55.5 Å². The van der Waals surface area contributed by atoms with Crippen LogP contribution in [0.15, 0.2) is 121 Å². The van der Waals surface area contributed by atoms with Gasteiger partial charge in [0.1, 0.15) is 11.6 Å². The molecule has 0 N–H and O–H groups in total. The van der Waals surface area contributed by atoms with Crippen molar-refractivity contribution >= 4 is 12.2 Å². The van der Waals surface area contributed by atoms with E-state index in [-0.39, 0.29) is 11.6 Å². The van der Waals surface area contributed by atoms with Gasteiger partial charge in [-0.25, -0.2) is 8.78 Å². The van der Waals surface area contributed by atoms with Crippen LogP contribution in [-0.4, -0.2) is 0 Å². The summed E-state index contributed by atoms with van der Waals surface area (Å²) in [6, 6.07) is 38.7. The summed E-state index contributed by atoms with van der Waals surface area (Å²) in [5.41, 5.74) is 7.94. The molecule has 0 fully saturated rings. The first-order valence-electron chi connectivity index (χ1n) is 12.5. The average Bonchev–Trinajstić information content (AvgIpc) is 2.94. The number of halogens is 2. The molecule has 0 amide bonds. The predicted octanol–water partition coefficient (Wildman–Crippen LogP) is 9.82. The van der Waals surface area contributed by atoms with Gasteiger partial charge in [0, 0.05) is 5.56 Å². The summed E-state index contributed by atoms with van der Waals surface area (Å²) in [4.78, 5) is 0. The van der Waals surface area contributed by atoms with Gasteiger partial charge in [0.15, 0.2) is 0 Å². The first kappa shape index (κ1) is 24.4. The number of benzene rings is 5. The Bertz CT molecular complexity index is 1480. The largest absolute Gasteiger partial charge is 0.207 e. The van der Waals surface area contributed by atoms with E-state index in [9.17, 15) is 8.78 Å². The van der Waals surface area contributed by atoms with E-state index in [1.165, 1.54) is 23.3 Å². The average molecular weight is 487 g/mol. The Hall–Kier alpha value is -4.30. The summed E-state index contributed by atoms with van der Waals surface area (Å²) >= 11 is 0. The van der Waals surface area contributed by atoms with Crippen LogP contribution < -0.4 is 0 Å². The summed E-state index contributed by atoms with van der Waals surface area (Å²) in [6.45, 7) is 2.24. The second-order valence-electron chi connectivity index (χ2n) is 9.41. The quantitative estimate of drug-likeness (QED) is 0.201. The minimum Gasteiger partial charge on any atom is -0.207 e. The lowest BCUT2D eigenvalue weighted by Gasteiger charge is -2.12. The summed E-state index contributed by atoms with van der Waals surface area (Å²) in [7, 11) is 0. The standard InChI is InChI=1S/C35H28F2/c1-25(28-5-3-2-4-6-28)23-27-10-14-31(15-11-27)33-18-17-32(35(37)24-33)16-9-26-7-12-29(13-8-26)30-19-21-34(36)22-20-30/h2-22,24-25H,23H2,1H3/t25-/m1/s1. The molecule has 5 aromatic rings. The van der Waals surface area contributed by atoms with Crippen LogP contribution in [-0.2, 0) is 6.42 Å². The van der Waals surface area contributed by atoms with Crippen molar-refractivity contribution in [3.05, 3.63) is 155 Å². The van der Waals surface area contributed by atoms with E-state index in [1.54, 1.807) is 24.3 Å². The van der Waals surface area contributed by atoms with Gasteiger partial charge in [-0.05, 0) is 69.5 Å². The highest BCUT2D eigenvalue weighted by molar-refractivity contribution is 5.74. The van der Waals surface area contributed by atoms with Crippen molar-refractivity contribution < 1.29 is 8.78 Å². The highest BCUT2D eigenvalue weighted by Gasteiger charge is 2.08. The molecule has 0 spiro atoms. The van der Waals surface area contributed by atoms with Crippen LogP contribution in [0.4, 0.5) is 8.78 Å². The molecule has 0 aliphatic rings. The smallest absolute Gasteiger partial charge is 0.131 e. The van der Waals surface area contributed by atoms with Gasteiger partial charge in [0.2, 0.25) is 0 Å². The zero-order valence-corrected chi connectivity index (χ0v) is 20.7. The zero-order chi connectivity index (χ0) is 25.6. The van der Waals surface area contributed by atoms with Gasteiger partial charge in [0.05, 0.1) is 0 Å². The summed E-state index contributed by atoms with van der Waals surface area (Å²) in [5.74, 6) is -0.0602. The molecular weight excluding hydrogens is 458 g/mol. The third-order valence-electron chi connectivity index (χ3n) is 6.74. The van der Waals surface area contributed by atoms with Crippen molar-refractivity contribution in [2.24, 2.45) is 0 Å². The first-order chi connectivity index (χ1) is 18.0. The SMILES string of the molecule is C[C@H](Cc1ccc(-c2ccc(C=Cc3ccc(-c4ccc(F)cc4)cc3)c(F)c2)cc1)c1ccccc1. The number of hydrogen-bond acceptors (Lipinski definition) is 0. The van der Waals surface area contributed by atoms with Crippen molar-refractivity contribution in [3.8, 4) is 22.3 Å². The van der Waals surface area contributed by atoms with Crippen LogP contribution >= 0.6 is 0 Å². The molecule has 37 heavy (non-hydrogen) atoms. The van der Waals surface area contributed by atoms with Gasteiger partial charge in [-0.2, -0.15) is 0 Å². The van der Waals surface area contributed by atoms with Crippen LogP contribution in [0.1, 0.15) is 35.1 Å². The van der Waals surface area contributed by atoms with E-state index < -0.39 is 0 Å². The normalized spacial score (nSPS) is 12.1. The lowest BCUT2D eigenvalue weighted by molar-refractivity contribution is 0.625. The summed E-state index contributed by atoms with van der Waals surface area (Å²) in [6.07, 6.45) is 4.66. The Balaban J connectivity index is 1.25. The molecule has 0 unspecified atom stereocenters. The monoisotopic (exact) mass is 486 g/mol. The molecule has 0 aliphatic carbocycles. The maximum absolute atomic E-state index is 14.9. The van der Waals surface area contributed by atoms with Crippen molar-refractivity contribution in [1.29, 1.82) is 0 Å². The molecule has 2 heteroatoms. The summed E-state index contributed by atoms with van der Waals surface area (Å²) < 4.78 is 28.1. The van der Waals surface area contributed by atoms with Gasteiger partial charge >= 0.3 is 0 Å². The van der Waals surface area contributed by atoms with Gasteiger partial charge in [0.25, 0.3) is 0 Å². The number of hydrogen-bond donors (Lipinski definition) is 0. The molecular formula is C35H28F2. The van der Waals surface area contributed by atoms with E-state index in [1.807, 2.05) is 48.5 Å². The Morgan fingerprint density at radius 1 is 0.595 bits per heavy atom. The Morgan fingerprint density at radius 2 is 1.16 bits per heavy atom. The fourth-order valence-electron chi connectivity index (χ4n) is 4.54. The molecule has 5 aromatic carbocycles. The van der Waals surface area contributed by atoms with E-state index in [0.717, 1.165) is 34.2 Å². The van der Waals surface area contributed by atoms with Crippen molar-refractivity contribution in [2.75, 3.05) is 0 Å². The lowest BCUT2D eigenvalue weighted by atomic mass is 9.93. The van der Waals surface area contributed by atoms with Gasteiger partial charge < -0.3 is 0 Å². The van der Waals surface area contributed by atoms with E-state index in [4.69, 9.17) is 0 Å². The van der Waals surface area contributed by atoms with Crippen LogP contribution in [0.5, 0.6) is 0 Å². The Morgan fingerprint density at radius 3 is 1.81 bits per heavy atom. The van der Waals surface area contributed by atoms with Crippen LogP contribution in [0.2, 0.25) is 0 Å². The number of rotatable bonds is 7. The van der Waals surface area contributed by atoms with Crippen molar-refractivity contribution in [3.63, 3.8) is 0 Å². The lowest BCUT2D eigenvalue weighted by Crippen LogP contribution is -1.98. The molecule has 0 bridgehead atoms. The zero-order valence-electron chi connectivity index (χ0n) is 20.7. The van der Waals surface area contributed by atoms with E-state index in [0.29, 0.717) is 11.5 Å². The molecule has 0 aliphatic heterocycles. The second kappa shape index (κ2) is 11.2. The molecule has 0 saturated carbocycles. The maximum Gasteiger partial charge on any atom is 0.131 e. The highest BCUT2D eigenvalue weighted by atomic mass is 19.1. The predicted molar refractivity (Wildman–Crippen MR) is 151 cm³/mol. The molecule has 0 saturated heterocycles. The molecule has 0 radical (unpaired) electrons. The van der Waals surface area contributed by atoms with Crippen LogP contribution in [0, 0.1) is 11.6 Å². The second-order valence-corrected chi connectivity index (χ2v) is 9.41. The first-order valence-corrected chi connectivity index (χ1v) is 12.5. The highest BCUT2D eigenvalue weighted by Crippen LogP contribution is 2.26. The van der Waals surface area contributed by atoms with Gasteiger partial charge in [-0.3, -0.25) is 0 Å². The summed E-state index contributed by atoms with van der Waals surface area (Å²) in [5, 5.41) is 0. The topological polar surface area (TPSA) is 0 Å². The maximum atomic E-state index is 14.9. The Labute approximate surface area is 217 Å². The molecule has 1 atom stereocenters.